The first-order valence-electron chi connectivity index (χ1n) is 6.16. The Kier molecular flexibility index (Phi) is 2.57. The van der Waals surface area contributed by atoms with Crippen molar-refractivity contribution in [2.24, 2.45) is 0 Å². The lowest BCUT2D eigenvalue weighted by atomic mass is 9.90. The number of aromatic amines is 1. The molecule has 0 fully saturated rings. The number of fused-ring (bicyclic) bond motifs is 3. The molecular weight excluding hydrogens is 248 g/mol. The molecule has 0 radical (unpaired) electrons. The lowest BCUT2D eigenvalue weighted by Gasteiger charge is -2.31. The normalized spacial score (nSPS) is 17.8. The summed E-state index contributed by atoms with van der Waals surface area (Å²) in [5.41, 5.74) is 3.70. The summed E-state index contributed by atoms with van der Waals surface area (Å²) in [7, 11) is 1.65. The highest BCUT2D eigenvalue weighted by Crippen LogP contribution is 2.37. The fourth-order valence-electron chi connectivity index (χ4n) is 2.79. The zero-order chi connectivity index (χ0) is 12.9. The fraction of sp³-hybridized carbons (Fsp3) is 0.429. The molecule has 0 aliphatic carbocycles. The molecule has 2 aromatic rings. The first kappa shape index (κ1) is 11.9. The van der Waals surface area contributed by atoms with E-state index in [0.29, 0.717) is 5.02 Å². The number of ether oxygens (including phenoxy) is 1. The van der Waals surface area contributed by atoms with Crippen molar-refractivity contribution >= 4 is 22.5 Å². The Labute approximate surface area is 111 Å². The Balaban J connectivity index is 2.30. The van der Waals surface area contributed by atoms with Crippen LogP contribution in [0.25, 0.3) is 10.9 Å². The molecule has 96 valence electrons. The minimum Gasteiger partial charge on any atom is -0.495 e. The van der Waals surface area contributed by atoms with Crippen molar-refractivity contribution in [3.05, 3.63) is 28.4 Å². The van der Waals surface area contributed by atoms with Gasteiger partial charge < -0.3 is 15.0 Å². The molecule has 1 aromatic heterocycles. The van der Waals surface area contributed by atoms with Crippen LogP contribution in [0.4, 0.5) is 0 Å². The molecule has 2 N–H and O–H groups in total. The van der Waals surface area contributed by atoms with Crippen LogP contribution in [0, 0.1) is 0 Å². The molecule has 0 amide bonds. The highest BCUT2D eigenvalue weighted by molar-refractivity contribution is 6.32. The maximum atomic E-state index is 6.18. The van der Waals surface area contributed by atoms with Crippen molar-refractivity contribution in [2.45, 2.75) is 25.8 Å². The van der Waals surface area contributed by atoms with Gasteiger partial charge in [-0.1, -0.05) is 11.6 Å². The summed E-state index contributed by atoms with van der Waals surface area (Å²) in [5, 5.41) is 5.39. The van der Waals surface area contributed by atoms with Gasteiger partial charge in [0, 0.05) is 23.1 Å². The maximum Gasteiger partial charge on any atom is 0.138 e. The summed E-state index contributed by atoms with van der Waals surface area (Å²) >= 11 is 6.18. The average Bonchev–Trinajstić information content (AvgIpc) is 2.67. The number of halogens is 1. The Morgan fingerprint density at radius 2 is 2.11 bits per heavy atom. The average molecular weight is 265 g/mol. The van der Waals surface area contributed by atoms with Crippen LogP contribution in [0.2, 0.25) is 5.02 Å². The molecule has 0 saturated heterocycles. The van der Waals surface area contributed by atoms with Crippen molar-refractivity contribution in [1.29, 1.82) is 0 Å². The molecule has 1 aliphatic rings. The fourth-order valence-corrected chi connectivity index (χ4v) is 3.03. The van der Waals surface area contributed by atoms with Crippen LogP contribution in [0.15, 0.2) is 12.1 Å². The molecule has 0 spiro atoms. The second-order valence-corrected chi connectivity index (χ2v) is 5.72. The molecule has 2 heterocycles. The Bertz CT molecular complexity index is 616. The second-order valence-electron chi connectivity index (χ2n) is 5.31. The third kappa shape index (κ3) is 1.62. The first-order valence-corrected chi connectivity index (χ1v) is 6.54. The molecule has 3 nitrogen and oxygen atoms in total. The molecule has 0 unspecified atom stereocenters. The highest BCUT2D eigenvalue weighted by Gasteiger charge is 2.30. The number of nitrogens with one attached hydrogen (secondary N) is 2. The molecule has 0 bridgehead atoms. The standard InChI is InChI=1S/C14H17ClN2O/c1-14(2)13-8(4-5-16-14)9-6-12(18-3)10(15)7-11(9)17-13/h6-7,16-17H,4-5H2,1-3H3. The number of hydrogen-bond acceptors (Lipinski definition) is 2. The van der Waals surface area contributed by atoms with Crippen LogP contribution in [0.1, 0.15) is 25.1 Å². The topological polar surface area (TPSA) is 37.0 Å². The third-order valence-electron chi connectivity index (χ3n) is 3.75. The largest absolute Gasteiger partial charge is 0.495 e. The first-order chi connectivity index (χ1) is 8.53. The minimum atomic E-state index is -0.0215. The van der Waals surface area contributed by atoms with E-state index in [9.17, 15) is 0 Å². The van der Waals surface area contributed by atoms with Gasteiger partial charge >= 0.3 is 0 Å². The predicted octanol–water partition coefficient (Wildman–Crippen LogP) is 3.21. The molecule has 1 aromatic carbocycles. The number of methoxy groups -OCH3 is 1. The van der Waals surface area contributed by atoms with Crippen LogP contribution in [-0.2, 0) is 12.0 Å². The minimum absolute atomic E-state index is 0.0215. The van der Waals surface area contributed by atoms with Gasteiger partial charge in [0.15, 0.2) is 0 Å². The van der Waals surface area contributed by atoms with E-state index in [2.05, 4.69) is 24.1 Å². The van der Waals surface area contributed by atoms with Gasteiger partial charge in [0.25, 0.3) is 0 Å². The SMILES string of the molecule is COc1cc2c3c([nH]c2cc1Cl)C(C)(C)NCC3. The third-order valence-corrected chi connectivity index (χ3v) is 4.04. The maximum absolute atomic E-state index is 6.18. The molecule has 4 heteroatoms. The van der Waals surface area contributed by atoms with Crippen molar-refractivity contribution < 1.29 is 4.74 Å². The quantitative estimate of drug-likeness (QED) is 0.830. The predicted molar refractivity (Wildman–Crippen MR) is 74.6 cm³/mol. The van der Waals surface area contributed by atoms with Crippen LogP contribution in [0.5, 0.6) is 5.75 Å². The van der Waals surface area contributed by atoms with Crippen molar-refractivity contribution in [3.63, 3.8) is 0 Å². The molecule has 3 rings (SSSR count). The summed E-state index contributed by atoms with van der Waals surface area (Å²) < 4.78 is 5.30. The van der Waals surface area contributed by atoms with Crippen molar-refractivity contribution in [1.82, 2.24) is 10.3 Å². The monoisotopic (exact) mass is 264 g/mol. The van der Waals surface area contributed by atoms with E-state index in [1.165, 1.54) is 16.6 Å². The van der Waals surface area contributed by atoms with Crippen LogP contribution in [-0.4, -0.2) is 18.6 Å². The molecule has 0 saturated carbocycles. The summed E-state index contributed by atoms with van der Waals surface area (Å²) in [6.07, 6.45) is 1.03. The number of benzene rings is 1. The van der Waals surface area contributed by atoms with Crippen LogP contribution < -0.4 is 10.1 Å². The molecule has 1 aliphatic heterocycles. The molecular formula is C14H17ClN2O. The van der Waals surface area contributed by atoms with E-state index in [1.54, 1.807) is 7.11 Å². The van der Waals surface area contributed by atoms with E-state index in [4.69, 9.17) is 16.3 Å². The van der Waals surface area contributed by atoms with Gasteiger partial charge in [-0.3, -0.25) is 0 Å². The second kappa shape index (κ2) is 3.90. The Morgan fingerprint density at radius 1 is 1.33 bits per heavy atom. The number of hydrogen-bond donors (Lipinski definition) is 2. The van der Waals surface area contributed by atoms with E-state index >= 15 is 0 Å². The van der Waals surface area contributed by atoms with Gasteiger partial charge in [-0.2, -0.15) is 0 Å². The van der Waals surface area contributed by atoms with Gasteiger partial charge in [0.05, 0.1) is 17.7 Å². The van der Waals surface area contributed by atoms with Gasteiger partial charge in [0.1, 0.15) is 5.75 Å². The van der Waals surface area contributed by atoms with Crippen molar-refractivity contribution in [2.75, 3.05) is 13.7 Å². The van der Waals surface area contributed by atoms with Crippen LogP contribution >= 0.6 is 11.6 Å². The van der Waals surface area contributed by atoms with E-state index < -0.39 is 0 Å². The van der Waals surface area contributed by atoms with Gasteiger partial charge in [-0.15, -0.1) is 0 Å². The van der Waals surface area contributed by atoms with Gasteiger partial charge in [0.2, 0.25) is 0 Å². The smallest absolute Gasteiger partial charge is 0.138 e. The highest BCUT2D eigenvalue weighted by atomic mass is 35.5. The van der Waals surface area contributed by atoms with Gasteiger partial charge in [-0.05, 0) is 38.0 Å². The van der Waals surface area contributed by atoms with Gasteiger partial charge in [-0.25, -0.2) is 0 Å². The summed E-state index contributed by atoms with van der Waals surface area (Å²) in [6.45, 7) is 5.39. The Morgan fingerprint density at radius 3 is 2.83 bits per heavy atom. The zero-order valence-electron chi connectivity index (χ0n) is 10.9. The number of H-pyrrole nitrogens is 1. The summed E-state index contributed by atoms with van der Waals surface area (Å²) in [4.78, 5) is 3.50. The van der Waals surface area contributed by atoms with Crippen LogP contribution in [0.3, 0.4) is 0 Å². The number of aromatic nitrogens is 1. The molecule has 18 heavy (non-hydrogen) atoms. The number of rotatable bonds is 1. The molecule has 0 atom stereocenters. The zero-order valence-corrected chi connectivity index (χ0v) is 11.6. The lowest BCUT2D eigenvalue weighted by Crippen LogP contribution is -2.42. The lowest BCUT2D eigenvalue weighted by molar-refractivity contribution is 0.374. The van der Waals surface area contributed by atoms with E-state index in [1.807, 2.05) is 12.1 Å². The Hall–Kier alpha value is -1.19. The van der Waals surface area contributed by atoms with E-state index in [-0.39, 0.29) is 5.54 Å². The van der Waals surface area contributed by atoms with E-state index in [0.717, 1.165) is 24.2 Å². The summed E-state index contributed by atoms with van der Waals surface area (Å²) in [6, 6.07) is 3.98. The summed E-state index contributed by atoms with van der Waals surface area (Å²) in [5.74, 6) is 0.738. The van der Waals surface area contributed by atoms with Crippen molar-refractivity contribution in [3.8, 4) is 5.75 Å².